The maximum absolute atomic E-state index is 12.3. The molecule has 9 heteroatoms. The second-order valence-corrected chi connectivity index (χ2v) is 8.48. The third-order valence-corrected chi connectivity index (χ3v) is 5.77. The fourth-order valence-electron chi connectivity index (χ4n) is 2.48. The molecule has 28 heavy (non-hydrogen) atoms. The van der Waals surface area contributed by atoms with E-state index in [1.165, 1.54) is 18.5 Å². The Morgan fingerprint density at radius 1 is 1.14 bits per heavy atom. The molecule has 7 nitrogen and oxygen atoms in total. The summed E-state index contributed by atoms with van der Waals surface area (Å²) in [5.41, 5.74) is 2.44. The van der Waals surface area contributed by atoms with Crippen LogP contribution in [0.2, 0.25) is 0 Å². The molecule has 1 aromatic heterocycles. The smallest absolute Gasteiger partial charge is 0.283 e. The van der Waals surface area contributed by atoms with Crippen LogP contribution in [0.25, 0.3) is 16.9 Å². The molecule has 0 unspecified atom stereocenters. The molecular weight excluding hydrogens is 442 g/mol. The Morgan fingerprint density at radius 3 is 2.36 bits per heavy atom. The third kappa shape index (κ3) is 3.98. The Bertz CT molecular complexity index is 1160. The number of benzene rings is 2. The zero-order valence-electron chi connectivity index (χ0n) is 15.1. The van der Waals surface area contributed by atoms with Gasteiger partial charge in [0, 0.05) is 19.7 Å². The van der Waals surface area contributed by atoms with Gasteiger partial charge < -0.3 is 4.90 Å². The van der Waals surface area contributed by atoms with Crippen molar-refractivity contribution in [2.45, 2.75) is 4.90 Å². The maximum atomic E-state index is 12.3. The zero-order chi connectivity index (χ0) is 20.3. The highest BCUT2D eigenvalue weighted by Gasteiger charge is 2.19. The van der Waals surface area contributed by atoms with Crippen LogP contribution in [0.15, 0.2) is 68.4 Å². The molecule has 0 saturated carbocycles. The number of nitrogens with zero attached hydrogens (tertiary/aromatic N) is 5. The number of halogens is 1. The molecule has 0 radical (unpaired) electrons. The molecule has 142 valence electrons. The van der Waals surface area contributed by atoms with E-state index in [9.17, 15) is 13.7 Å². The highest BCUT2D eigenvalue weighted by Crippen LogP contribution is 2.33. The van der Waals surface area contributed by atoms with E-state index < -0.39 is 10.0 Å². The molecule has 0 bridgehead atoms. The van der Waals surface area contributed by atoms with Crippen molar-refractivity contribution in [1.82, 2.24) is 14.7 Å². The van der Waals surface area contributed by atoms with Crippen LogP contribution in [0.4, 0.5) is 0 Å². The first kappa shape index (κ1) is 19.8. The molecule has 3 aromatic rings. The van der Waals surface area contributed by atoms with Crippen molar-refractivity contribution in [3.8, 4) is 23.0 Å². The molecule has 0 spiro atoms. The van der Waals surface area contributed by atoms with Crippen molar-refractivity contribution in [2.24, 2.45) is 4.40 Å². The summed E-state index contributed by atoms with van der Waals surface area (Å²) in [6.07, 6.45) is 1.24. The Labute approximate surface area is 171 Å². The largest absolute Gasteiger partial charge is 0.368 e. The van der Waals surface area contributed by atoms with Gasteiger partial charge in [-0.15, -0.1) is 4.40 Å². The second kappa shape index (κ2) is 7.96. The minimum absolute atomic E-state index is 0.0716. The van der Waals surface area contributed by atoms with Gasteiger partial charge in [0.15, 0.2) is 5.69 Å². The fraction of sp³-hybridized carbons (Fsp3) is 0.105. The predicted octanol–water partition coefficient (Wildman–Crippen LogP) is 3.45. The Morgan fingerprint density at radius 2 is 1.79 bits per heavy atom. The minimum Gasteiger partial charge on any atom is -0.368 e. The van der Waals surface area contributed by atoms with Gasteiger partial charge >= 0.3 is 0 Å². The van der Waals surface area contributed by atoms with Crippen LogP contribution >= 0.6 is 15.9 Å². The van der Waals surface area contributed by atoms with Gasteiger partial charge in [0.1, 0.15) is 12.4 Å². The van der Waals surface area contributed by atoms with Gasteiger partial charge in [0.05, 0.1) is 20.7 Å². The van der Waals surface area contributed by atoms with Crippen molar-refractivity contribution in [1.29, 1.82) is 5.26 Å². The summed E-state index contributed by atoms with van der Waals surface area (Å²) in [6.45, 7) is 0. The Hall–Kier alpha value is -2.96. The summed E-state index contributed by atoms with van der Waals surface area (Å²) < 4.78 is 30.4. The normalized spacial score (nSPS) is 11.5. The average molecular weight is 458 g/mol. The van der Waals surface area contributed by atoms with Gasteiger partial charge in [0.2, 0.25) is 0 Å². The number of hydrogen-bond donors (Lipinski definition) is 0. The molecule has 2 aromatic carbocycles. The number of nitriles is 1. The molecule has 0 amide bonds. The van der Waals surface area contributed by atoms with Gasteiger partial charge in [-0.3, -0.25) is 0 Å². The Balaban J connectivity index is 2.07. The van der Waals surface area contributed by atoms with E-state index in [2.05, 4.69) is 31.5 Å². The van der Waals surface area contributed by atoms with E-state index in [0.717, 1.165) is 5.56 Å². The predicted molar refractivity (Wildman–Crippen MR) is 111 cm³/mol. The second-order valence-electron chi connectivity index (χ2n) is 6.05. The van der Waals surface area contributed by atoms with Gasteiger partial charge in [0.25, 0.3) is 10.0 Å². The van der Waals surface area contributed by atoms with E-state index in [1.54, 1.807) is 35.8 Å². The van der Waals surface area contributed by atoms with Crippen molar-refractivity contribution in [3.05, 3.63) is 64.8 Å². The van der Waals surface area contributed by atoms with Crippen LogP contribution in [0.3, 0.4) is 0 Å². The van der Waals surface area contributed by atoms with Crippen LogP contribution in [0.1, 0.15) is 5.69 Å². The number of sulfonamides is 1. The number of aromatic nitrogens is 2. The molecule has 0 fully saturated rings. The lowest BCUT2D eigenvalue weighted by molar-refractivity contribution is 0.594. The monoisotopic (exact) mass is 457 g/mol. The van der Waals surface area contributed by atoms with Crippen LogP contribution in [0.5, 0.6) is 0 Å². The topological polar surface area (TPSA) is 91.3 Å². The van der Waals surface area contributed by atoms with Crippen LogP contribution in [-0.4, -0.2) is 43.5 Å². The van der Waals surface area contributed by atoms with Crippen molar-refractivity contribution in [3.63, 3.8) is 0 Å². The molecule has 1 heterocycles. The van der Waals surface area contributed by atoms with E-state index in [1.807, 2.05) is 30.3 Å². The van der Waals surface area contributed by atoms with Crippen molar-refractivity contribution < 1.29 is 8.42 Å². The molecule has 0 saturated heterocycles. The summed E-state index contributed by atoms with van der Waals surface area (Å²) in [6, 6.07) is 17.8. The molecule has 0 aliphatic rings. The zero-order valence-corrected chi connectivity index (χ0v) is 17.5. The number of hydrogen-bond acceptors (Lipinski definition) is 4. The highest BCUT2D eigenvalue weighted by atomic mass is 79.9. The minimum atomic E-state index is -3.79. The highest BCUT2D eigenvalue weighted by molar-refractivity contribution is 9.10. The molecule has 0 atom stereocenters. The van der Waals surface area contributed by atoms with Crippen LogP contribution in [-0.2, 0) is 10.0 Å². The first-order chi connectivity index (χ1) is 13.3. The summed E-state index contributed by atoms with van der Waals surface area (Å²) in [5, 5.41) is 13.7. The maximum Gasteiger partial charge on any atom is 0.283 e. The molecule has 0 aliphatic carbocycles. The van der Waals surface area contributed by atoms with E-state index in [0.29, 0.717) is 15.9 Å². The van der Waals surface area contributed by atoms with E-state index in [-0.39, 0.29) is 10.6 Å². The van der Waals surface area contributed by atoms with Crippen molar-refractivity contribution >= 4 is 32.3 Å². The SMILES string of the molecule is CN(C)/C=N/S(=O)(=O)c1ccc(-n2nc(C#N)c(Br)c2-c2ccccc2)cc1. The summed E-state index contributed by atoms with van der Waals surface area (Å²) in [5.74, 6) is 0. The Kier molecular flexibility index (Phi) is 5.63. The number of rotatable bonds is 5. The van der Waals surface area contributed by atoms with Crippen molar-refractivity contribution in [2.75, 3.05) is 14.1 Å². The summed E-state index contributed by atoms with van der Waals surface area (Å²) >= 11 is 3.45. The molecule has 0 N–H and O–H groups in total. The quantitative estimate of drug-likeness (QED) is 0.432. The van der Waals surface area contributed by atoms with Crippen LogP contribution < -0.4 is 0 Å². The van der Waals surface area contributed by atoms with Gasteiger partial charge in [-0.25, -0.2) is 4.68 Å². The van der Waals surface area contributed by atoms with E-state index in [4.69, 9.17) is 0 Å². The lowest BCUT2D eigenvalue weighted by Crippen LogP contribution is -2.10. The fourth-order valence-corrected chi connectivity index (χ4v) is 3.96. The van der Waals surface area contributed by atoms with E-state index >= 15 is 0 Å². The standard InChI is InChI=1S/C19H16BrN5O2S/c1-24(2)13-22-28(26,27)16-10-8-15(9-11-16)25-19(14-6-4-3-5-7-14)18(20)17(12-21)23-25/h3-11,13H,1-2H3/b22-13+. The van der Waals surface area contributed by atoms with Gasteiger partial charge in [-0.2, -0.15) is 18.8 Å². The van der Waals surface area contributed by atoms with Crippen LogP contribution in [0, 0.1) is 11.3 Å². The lowest BCUT2D eigenvalue weighted by atomic mass is 10.1. The molecular formula is C19H16BrN5O2S. The first-order valence-electron chi connectivity index (χ1n) is 8.15. The molecule has 3 rings (SSSR count). The molecule has 0 aliphatic heterocycles. The first-order valence-corrected chi connectivity index (χ1v) is 10.4. The lowest BCUT2D eigenvalue weighted by Gasteiger charge is -2.09. The summed E-state index contributed by atoms with van der Waals surface area (Å²) in [7, 11) is -0.408. The third-order valence-electron chi connectivity index (χ3n) is 3.78. The average Bonchev–Trinajstić information content (AvgIpc) is 3.03. The van der Waals surface area contributed by atoms with Gasteiger partial charge in [-0.1, -0.05) is 30.3 Å². The van der Waals surface area contributed by atoms with Gasteiger partial charge in [-0.05, 0) is 40.2 Å². The summed E-state index contributed by atoms with van der Waals surface area (Å²) in [4.78, 5) is 1.62.